The molecule has 0 aromatic carbocycles. The van der Waals surface area contributed by atoms with Crippen molar-refractivity contribution in [3.63, 3.8) is 0 Å². The largest absolute Gasteiger partial charge is 0.356 e. The van der Waals surface area contributed by atoms with Gasteiger partial charge in [0.1, 0.15) is 5.82 Å². The molecular weight excluding hydrogens is 471 g/mol. The molecule has 26 heavy (non-hydrogen) atoms. The summed E-state index contributed by atoms with van der Waals surface area (Å²) in [7, 11) is -1.25. The van der Waals surface area contributed by atoms with Crippen molar-refractivity contribution in [1.82, 2.24) is 25.0 Å². The molecule has 3 rings (SSSR count). The fraction of sp³-hybridized carbons (Fsp3) is 0.800. The Bertz CT molecular complexity index is 801. The van der Waals surface area contributed by atoms with Crippen LogP contribution in [0.5, 0.6) is 0 Å². The molecule has 0 aliphatic carbocycles. The molecule has 11 heteroatoms. The average Bonchev–Trinajstić information content (AvgIpc) is 3.10. The van der Waals surface area contributed by atoms with Crippen molar-refractivity contribution in [2.45, 2.75) is 51.2 Å². The highest BCUT2D eigenvalue weighted by atomic mass is 127. The highest BCUT2D eigenvalue weighted by Crippen LogP contribution is 2.11. The van der Waals surface area contributed by atoms with Crippen LogP contribution in [0.3, 0.4) is 0 Å². The number of aryl methyl sites for hydroxylation is 2. The molecule has 0 saturated carbocycles. The van der Waals surface area contributed by atoms with Crippen molar-refractivity contribution >= 4 is 39.8 Å². The van der Waals surface area contributed by atoms with E-state index in [0.29, 0.717) is 25.5 Å². The van der Waals surface area contributed by atoms with E-state index in [9.17, 15) is 13.2 Å². The number of sulfone groups is 1. The smallest absolute Gasteiger partial charge is 0.345 e. The summed E-state index contributed by atoms with van der Waals surface area (Å²) in [5.74, 6) is 1.88. The highest BCUT2D eigenvalue weighted by molar-refractivity contribution is 14.0. The maximum Gasteiger partial charge on any atom is 0.345 e. The highest BCUT2D eigenvalue weighted by Gasteiger charge is 2.28. The minimum absolute atomic E-state index is 0. The molecule has 0 bridgehead atoms. The van der Waals surface area contributed by atoms with Gasteiger partial charge in [0.15, 0.2) is 15.8 Å². The lowest BCUT2D eigenvalue weighted by Crippen LogP contribution is -2.44. The Kier molecular flexibility index (Phi) is 7.50. The Balaban J connectivity index is 0.00000243. The van der Waals surface area contributed by atoms with Gasteiger partial charge in [-0.1, -0.05) is 0 Å². The number of guanidine groups is 1. The minimum atomic E-state index is -2.91. The summed E-state index contributed by atoms with van der Waals surface area (Å²) < 4.78 is 26.3. The van der Waals surface area contributed by atoms with Crippen LogP contribution in [0.15, 0.2) is 9.79 Å². The van der Waals surface area contributed by atoms with Gasteiger partial charge in [0.05, 0.1) is 11.5 Å². The van der Waals surface area contributed by atoms with E-state index in [0.717, 1.165) is 38.1 Å². The van der Waals surface area contributed by atoms with Crippen LogP contribution in [0.2, 0.25) is 0 Å². The van der Waals surface area contributed by atoms with Gasteiger partial charge in [-0.05, 0) is 25.7 Å². The van der Waals surface area contributed by atoms with Crippen molar-refractivity contribution in [3.8, 4) is 0 Å². The molecule has 9 nitrogen and oxygen atoms in total. The molecule has 1 aromatic heterocycles. The van der Waals surface area contributed by atoms with Gasteiger partial charge >= 0.3 is 5.69 Å². The second kappa shape index (κ2) is 9.20. The zero-order chi connectivity index (χ0) is 17.9. The molecule has 0 radical (unpaired) electrons. The van der Waals surface area contributed by atoms with E-state index < -0.39 is 9.84 Å². The first-order valence-corrected chi connectivity index (χ1v) is 10.6. The standard InChI is InChI=1S/C15H26N6O3S.HI/c1-16-14(18-12-6-10-25(23,24)11-12)17-7-4-9-21-15(22)20-8-3-2-5-13(20)19-21;/h12H,2-11H2,1H3,(H2,16,17,18);1H. The van der Waals surface area contributed by atoms with Gasteiger partial charge in [-0.15, -0.1) is 24.0 Å². The molecule has 2 aliphatic heterocycles. The summed E-state index contributed by atoms with van der Waals surface area (Å²) in [4.78, 5) is 16.4. The van der Waals surface area contributed by atoms with Crippen molar-refractivity contribution < 1.29 is 8.42 Å². The Morgan fingerprint density at radius 1 is 1.38 bits per heavy atom. The zero-order valence-electron chi connectivity index (χ0n) is 15.0. The molecule has 1 saturated heterocycles. The second-order valence-electron chi connectivity index (χ2n) is 6.63. The van der Waals surface area contributed by atoms with Crippen LogP contribution in [-0.2, 0) is 29.3 Å². The molecule has 3 heterocycles. The average molecular weight is 498 g/mol. The maximum atomic E-state index is 12.2. The van der Waals surface area contributed by atoms with Crippen LogP contribution >= 0.6 is 24.0 Å². The molecule has 0 amide bonds. The molecule has 1 aromatic rings. The molecular formula is C15H27IN6O3S. The van der Waals surface area contributed by atoms with E-state index in [1.54, 1.807) is 16.3 Å². The van der Waals surface area contributed by atoms with Crippen LogP contribution in [0.4, 0.5) is 0 Å². The summed E-state index contributed by atoms with van der Waals surface area (Å²) in [6, 6.07) is -0.0846. The van der Waals surface area contributed by atoms with Crippen LogP contribution in [0, 0.1) is 0 Å². The zero-order valence-corrected chi connectivity index (χ0v) is 18.1. The number of hydrogen-bond donors (Lipinski definition) is 2. The van der Waals surface area contributed by atoms with E-state index in [1.807, 2.05) is 0 Å². The lowest BCUT2D eigenvalue weighted by molar-refractivity contribution is 0.509. The minimum Gasteiger partial charge on any atom is -0.356 e. The normalized spacial score (nSPS) is 21.7. The molecule has 1 atom stereocenters. The van der Waals surface area contributed by atoms with E-state index in [1.165, 1.54) is 0 Å². The van der Waals surface area contributed by atoms with Gasteiger partial charge in [0.2, 0.25) is 0 Å². The Labute approximate surface area is 170 Å². The molecule has 148 valence electrons. The van der Waals surface area contributed by atoms with E-state index >= 15 is 0 Å². The number of aromatic nitrogens is 3. The van der Waals surface area contributed by atoms with E-state index in [4.69, 9.17) is 0 Å². The van der Waals surface area contributed by atoms with E-state index in [-0.39, 0.29) is 47.2 Å². The third-order valence-corrected chi connectivity index (χ3v) is 6.44. The van der Waals surface area contributed by atoms with Crippen molar-refractivity contribution in [2.75, 3.05) is 25.1 Å². The SMILES string of the molecule is CN=C(NCCCn1nc2n(c1=O)CCCC2)NC1CCS(=O)(=O)C1.I. The fourth-order valence-electron chi connectivity index (χ4n) is 3.33. The Morgan fingerprint density at radius 2 is 2.19 bits per heavy atom. The first kappa shape index (κ1) is 21.2. The predicted octanol–water partition coefficient (Wildman–Crippen LogP) is -0.259. The summed E-state index contributed by atoms with van der Waals surface area (Å²) in [6.45, 7) is 1.96. The Hall–Kier alpha value is -1.11. The summed E-state index contributed by atoms with van der Waals surface area (Å²) >= 11 is 0. The van der Waals surface area contributed by atoms with Crippen LogP contribution in [-0.4, -0.2) is 59.9 Å². The number of nitrogens with one attached hydrogen (secondary N) is 2. The Morgan fingerprint density at radius 3 is 2.85 bits per heavy atom. The predicted molar refractivity (Wildman–Crippen MR) is 111 cm³/mol. The molecule has 2 N–H and O–H groups in total. The monoisotopic (exact) mass is 498 g/mol. The number of hydrogen-bond acceptors (Lipinski definition) is 5. The van der Waals surface area contributed by atoms with Crippen molar-refractivity contribution in [1.29, 1.82) is 0 Å². The summed E-state index contributed by atoms with van der Waals surface area (Å²) in [5, 5.41) is 10.7. The van der Waals surface area contributed by atoms with Crippen molar-refractivity contribution in [3.05, 3.63) is 16.3 Å². The quantitative estimate of drug-likeness (QED) is 0.251. The third kappa shape index (κ3) is 5.21. The van der Waals surface area contributed by atoms with E-state index in [2.05, 4.69) is 20.7 Å². The van der Waals surface area contributed by atoms with Gasteiger partial charge in [0.25, 0.3) is 0 Å². The lowest BCUT2D eigenvalue weighted by atomic mass is 10.2. The van der Waals surface area contributed by atoms with Crippen LogP contribution in [0.25, 0.3) is 0 Å². The maximum absolute atomic E-state index is 12.2. The second-order valence-corrected chi connectivity index (χ2v) is 8.86. The molecule has 1 fully saturated rings. The van der Waals surface area contributed by atoms with Gasteiger partial charge in [0, 0.05) is 39.1 Å². The number of aliphatic imine (C=N–C) groups is 1. The number of rotatable bonds is 5. The molecule has 2 aliphatic rings. The topological polar surface area (TPSA) is 110 Å². The number of nitrogens with zero attached hydrogens (tertiary/aromatic N) is 4. The van der Waals surface area contributed by atoms with Gasteiger partial charge < -0.3 is 10.6 Å². The number of halogens is 1. The molecule has 0 spiro atoms. The van der Waals surface area contributed by atoms with Gasteiger partial charge in [-0.2, -0.15) is 5.10 Å². The number of fused-ring (bicyclic) bond motifs is 1. The lowest BCUT2D eigenvalue weighted by Gasteiger charge is -2.15. The van der Waals surface area contributed by atoms with Gasteiger partial charge in [-0.3, -0.25) is 9.56 Å². The van der Waals surface area contributed by atoms with Crippen LogP contribution in [0.1, 0.15) is 31.5 Å². The van der Waals surface area contributed by atoms with Crippen molar-refractivity contribution in [2.24, 2.45) is 4.99 Å². The fourth-order valence-corrected chi connectivity index (χ4v) is 5.00. The third-order valence-electron chi connectivity index (χ3n) is 4.67. The first-order valence-electron chi connectivity index (χ1n) is 8.82. The molecule has 1 unspecified atom stereocenters. The van der Waals surface area contributed by atoms with Crippen LogP contribution < -0.4 is 16.3 Å². The summed E-state index contributed by atoms with van der Waals surface area (Å²) in [6.07, 6.45) is 4.36. The summed E-state index contributed by atoms with van der Waals surface area (Å²) in [5.41, 5.74) is -0.0200. The van der Waals surface area contributed by atoms with Gasteiger partial charge in [-0.25, -0.2) is 17.9 Å². The first-order chi connectivity index (χ1) is 12.0.